The molecule has 28 heavy (non-hydrogen) atoms. The molecule has 2 bridgehead atoms. The maximum Gasteiger partial charge on any atom is 0.414 e. The van der Waals surface area contributed by atoms with Gasteiger partial charge >= 0.3 is 6.09 Å². The Morgan fingerprint density at radius 1 is 1.14 bits per heavy atom. The number of anilines is 1. The van der Waals surface area contributed by atoms with Crippen LogP contribution in [-0.2, 0) is 11.3 Å². The lowest BCUT2D eigenvalue weighted by Crippen LogP contribution is -2.53. The fourth-order valence-corrected chi connectivity index (χ4v) is 4.44. The number of carbonyl (C=O) groups excluding carboxylic acids is 1. The van der Waals surface area contributed by atoms with Gasteiger partial charge in [-0.3, -0.25) is 9.80 Å². The minimum Gasteiger partial charge on any atom is -0.444 e. The number of hydrogen-bond donors (Lipinski definition) is 0. The van der Waals surface area contributed by atoms with Gasteiger partial charge in [-0.05, 0) is 74.2 Å². The lowest BCUT2D eigenvalue weighted by molar-refractivity contribution is -0.0311. The Labute approximate surface area is 176 Å². The second-order valence-corrected chi connectivity index (χ2v) is 8.55. The van der Waals surface area contributed by atoms with Crippen LogP contribution in [0.15, 0.2) is 42.5 Å². The third kappa shape index (κ3) is 4.29. The number of fused-ring (bicyclic) bond motifs is 3. The van der Waals surface area contributed by atoms with Crippen molar-refractivity contribution in [1.29, 1.82) is 0 Å². The fraction of sp³-hybridized carbons (Fsp3) is 0.409. The van der Waals surface area contributed by atoms with Crippen molar-refractivity contribution in [3.05, 3.63) is 63.6 Å². The minimum absolute atomic E-state index is 0.0314. The highest BCUT2D eigenvalue weighted by Gasteiger charge is 2.37. The molecule has 3 fully saturated rings. The molecule has 148 valence electrons. The molecule has 3 aliphatic heterocycles. The molecule has 2 aromatic carbocycles. The second-order valence-electron chi connectivity index (χ2n) is 7.73. The van der Waals surface area contributed by atoms with E-state index in [1.54, 1.807) is 17.0 Å². The SMILES string of the molecule is Cc1cccc(N(Cc2ccc(Cl)c(Cl)c2)C(=O)O[C@H]2CN3CCC2CC3)c1. The number of benzene rings is 2. The summed E-state index contributed by atoms with van der Waals surface area (Å²) < 4.78 is 5.99. The first-order valence-corrected chi connectivity index (χ1v) is 10.5. The maximum absolute atomic E-state index is 13.2. The topological polar surface area (TPSA) is 32.8 Å². The van der Waals surface area contributed by atoms with Gasteiger partial charge in [0.15, 0.2) is 0 Å². The number of carbonyl (C=O) groups is 1. The molecular formula is C22H24Cl2N2O2. The van der Waals surface area contributed by atoms with Gasteiger partial charge in [-0.15, -0.1) is 0 Å². The van der Waals surface area contributed by atoms with Crippen LogP contribution in [0.5, 0.6) is 0 Å². The number of rotatable bonds is 4. The average Bonchev–Trinajstić information content (AvgIpc) is 2.69. The Balaban J connectivity index is 1.57. The molecular weight excluding hydrogens is 395 g/mol. The van der Waals surface area contributed by atoms with E-state index >= 15 is 0 Å². The van der Waals surface area contributed by atoms with Crippen LogP contribution in [0.25, 0.3) is 0 Å². The van der Waals surface area contributed by atoms with Gasteiger partial charge in [-0.1, -0.05) is 41.4 Å². The van der Waals surface area contributed by atoms with Crippen LogP contribution in [-0.4, -0.2) is 36.7 Å². The van der Waals surface area contributed by atoms with E-state index in [1.165, 1.54) is 0 Å². The summed E-state index contributed by atoms with van der Waals surface area (Å²) in [7, 11) is 0. The van der Waals surface area contributed by atoms with Crippen molar-refractivity contribution in [3.8, 4) is 0 Å². The molecule has 3 aliphatic rings. The number of piperidine rings is 3. The van der Waals surface area contributed by atoms with Crippen LogP contribution in [0.3, 0.4) is 0 Å². The normalized spacial score (nSPS) is 23.5. The van der Waals surface area contributed by atoms with E-state index < -0.39 is 0 Å². The largest absolute Gasteiger partial charge is 0.444 e. The highest BCUT2D eigenvalue weighted by molar-refractivity contribution is 6.42. The lowest BCUT2D eigenvalue weighted by atomic mass is 9.86. The van der Waals surface area contributed by atoms with E-state index in [1.807, 2.05) is 37.3 Å². The Morgan fingerprint density at radius 3 is 2.57 bits per heavy atom. The second kappa shape index (κ2) is 8.32. The van der Waals surface area contributed by atoms with Gasteiger partial charge < -0.3 is 4.74 Å². The number of hydrogen-bond acceptors (Lipinski definition) is 3. The van der Waals surface area contributed by atoms with Crippen LogP contribution < -0.4 is 4.90 Å². The monoisotopic (exact) mass is 418 g/mol. The predicted octanol–water partition coefficient (Wildman–Crippen LogP) is 5.54. The quantitative estimate of drug-likeness (QED) is 0.653. The van der Waals surface area contributed by atoms with Crippen molar-refractivity contribution >= 4 is 35.0 Å². The van der Waals surface area contributed by atoms with Gasteiger partial charge in [0.2, 0.25) is 0 Å². The molecule has 4 nitrogen and oxygen atoms in total. The molecule has 0 spiro atoms. The lowest BCUT2D eigenvalue weighted by Gasteiger charge is -2.44. The van der Waals surface area contributed by atoms with Crippen LogP contribution in [0.1, 0.15) is 24.0 Å². The molecule has 0 aliphatic carbocycles. The summed E-state index contributed by atoms with van der Waals surface area (Å²) in [6, 6.07) is 13.3. The molecule has 3 saturated heterocycles. The van der Waals surface area contributed by atoms with E-state index in [0.717, 1.165) is 49.3 Å². The predicted molar refractivity (Wildman–Crippen MR) is 113 cm³/mol. The summed E-state index contributed by atoms with van der Waals surface area (Å²) in [4.78, 5) is 17.2. The smallest absolute Gasteiger partial charge is 0.414 e. The highest BCUT2D eigenvalue weighted by Crippen LogP contribution is 2.31. The van der Waals surface area contributed by atoms with Gasteiger partial charge in [0.1, 0.15) is 6.10 Å². The van der Waals surface area contributed by atoms with Crippen LogP contribution in [0.2, 0.25) is 10.0 Å². The Kier molecular flexibility index (Phi) is 5.81. The number of amides is 1. The van der Waals surface area contributed by atoms with Gasteiger partial charge in [0.25, 0.3) is 0 Å². The summed E-state index contributed by atoms with van der Waals surface area (Å²) in [5, 5.41) is 0.983. The zero-order valence-corrected chi connectivity index (χ0v) is 17.4. The average molecular weight is 419 g/mol. The van der Waals surface area contributed by atoms with Crippen molar-refractivity contribution in [1.82, 2.24) is 4.90 Å². The molecule has 6 heteroatoms. The van der Waals surface area contributed by atoms with Gasteiger partial charge in [-0.25, -0.2) is 4.79 Å². The summed E-state index contributed by atoms with van der Waals surface area (Å²) >= 11 is 12.2. The van der Waals surface area contributed by atoms with Crippen LogP contribution in [0.4, 0.5) is 10.5 Å². The van der Waals surface area contributed by atoms with Crippen molar-refractivity contribution in [2.24, 2.45) is 5.92 Å². The zero-order valence-electron chi connectivity index (χ0n) is 15.9. The van der Waals surface area contributed by atoms with Crippen molar-refractivity contribution in [2.75, 3.05) is 24.5 Å². The van der Waals surface area contributed by atoms with Gasteiger partial charge in [0, 0.05) is 12.2 Å². The standard InChI is InChI=1S/C22H24Cl2N2O2/c1-15-3-2-4-18(11-15)26(13-16-5-6-19(23)20(24)12-16)22(27)28-21-14-25-9-7-17(21)8-10-25/h2-6,11-12,17,21H,7-10,13-14H2,1H3/t21-/m0/s1. The van der Waals surface area contributed by atoms with E-state index in [0.29, 0.717) is 22.5 Å². The van der Waals surface area contributed by atoms with Crippen molar-refractivity contribution in [3.63, 3.8) is 0 Å². The number of halogens is 2. The first-order valence-electron chi connectivity index (χ1n) is 9.71. The first-order chi connectivity index (χ1) is 13.5. The maximum atomic E-state index is 13.2. The van der Waals surface area contributed by atoms with Crippen LogP contribution in [0, 0.1) is 12.8 Å². The summed E-state index contributed by atoms with van der Waals surface area (Å²) in [6.07, 6.45) is 1.87. The van der Waals surface area contributed by atoms with Crippen LogP contribution >= 0.6 is 23.2 Å². The minimum atomic E-state index is -0.310. The molecule has 0 saturated carbocycles. The van der Waals surface area contributed by atoms with E-state index in [2.05, 4.69) is 4.90 Å². The zero-order chi connectivity index (χ0) is 19.7. The number of nitrogens with zero attached hydrogens (tertiary/aromatic N) is 2. The van der Waals surface area contributed by atoms with E-state index in [-0.39, 0.29) is 12.2 Å². The van der Waals surface area contributed by atoms with Crippen molar-refractivity contribution in [2.45, 2.75) is 32.4 Å². The highest BCUT2D eigenvalue weighted by atomic mass is 35.5. The molecule has 3 heterocycles. The molecule has 0 unspecified atom stereocenters. The van der Waals surface area contributed by atoms with Gasteiger partial charge in [0.05, 0.1) is 16.6 Å². The summed E-state index contributed by atoms with van der Waals surface area (Å²) in [5.74, 6) is 0.471. The molecule has 5 rings (SSSR count). The van der Waals surface area contributed by atoms with E-state index in [9.17, 15) is 4.79 Å². The van der Waals surface area contributed by atoms with Crippen molar-refractivity contribution < 1.29 is 9.53 Å². The third-order valence-electron chi connectivity index (χ3n) is 5.71. The third-order valence-corrected chi connectivity index (χ3v) is 6.45. The Hall–Kier alpha value is -1.75. The molecule has 1 atom stereocenters. The number of aryl methyl sites for hydroxylation is 1. The summed E-state index contributed by atoms with van der Waals surface area (Å²) in [6.45, 7) is 5.46. The fourth-order valence-electron chi connectivity index (χ4n) is 4.12. The molecule has 1 amide bonds. The molecule has 2 aromatic rings. The van der Waals surface area contributed by atoms with Gasteiger partial charge in [-0.2, -0.15) is 0 Å². The molecule has 0 N–H and O–H groups in total. The Morgan fingerprint density at radius 2 is 1.93 bits per heavy atom. The van der Waals surface area contributed by atoms with E-state index in [4.69, 9.17) is 27.9 Å². The number of ether oxygens (including phenoxy) is 1. The first kappa shape index (κ1) is 19.6. The molecule has 0 aromatic heterocycles. The Bertz CT molecular complexity index is 865. The summed E-state index contributed by atoms with van der Waals surface area (Å²) in [5.41, 5.74) is 2.81. The molecule has 0 radical (unpaired) electrons.